The van der Waals surface area contributed by atoms with Gasteiger partial charge in [-0.3, -0.25) is 4.79 Å². The van der Waals surface area contributed by atoms with Crippen molar-refractivity contribution in [3.05, 3.63) is 20.8 Å². The van der Waals surface area contributed by atoms with Crippen molar-refractivity contribution in [2.45, 2.75) is 13.8 Å². The van der Waals surface area contributed by atoms with Crippen molar-refractivity contribution in [2.75, 3.05) is 26.3 Å². The molecule has 0 spiro atoms. The van der Waals surface area contributed by atoms with Crippen LogP contribution >= 0.6 is 27.3 Å². The van der Waals surface area contributed by atoms with E-state index >= 15 is 0 Å². The van der Waals surface area contributed by atoms with Gasteiger partial charge >= 0.3 is 0 Å². The monoisotopic (exact) mass is 305 g/mol. The van der Waals surface area contributed by atoms with E-state index < -0.39 is 0 Å². The maximum absolute atomic E-state index is 12.0. The summed E-state index contributed by atoms with van der Waals surface area (Å²) in [6.45, 7) is 6.58. The summed E-state index contributed by atoms with van der Waals surface area (Å²) in [4.78, 5) is 14.6. The number of hydrogen-bond donors (Lipinski definition) is 0. The van der Waals surface area contributed by atoms with Gasteiger partial charge in [-0.25, -0.2) is 0 Å². The number of carbonyl (C=O) groups excluding carboxylic acids is 1. The highest BCUT2D eigenvalue weighted by molar-refractivity contribution is 9.11. The Morgan fingerprint density at radius 3 is 2.75 bits per heavy atom. The molecule has 0 fully saturated rings. The van der Waals surface area contributed by atoms with E-state index in [1.165, 1.54) is 11.3 Å². The Labute approximate surface area is 109 Å². The van der Waals surface area contributed by atoms with Crippen LogP contribution in [0.25, 0.3) is 0 Å². The molecule has 0 radical (unpaired) electrons. The largest absolute Gasteiger partial charge is 0.380 e. The lowest BCUT2D eigenvalue weighted by Crippen LogP contribution is -2.33. The molecule has 0 atom stereocenters. The van der Waals surface area contributed by atoms with Crippen molar-refractivity contribution in [2.24, 2.45) is 0 Å². The van der Waals surface area contributed by atoms with Crippen LogP contribution in [-0.2, 0) is 4.74 Å². The van der Waals surface area contributed by atoms with Crippen molar-refractivity contribution in [3.63, 3.8) is 0 Å². The topological polar surface area (TPSA) is 29.5 Å². The minimum atomic E-state index is 0.0814. The van der Waals surface area contributed by atoms with E-state index in [4.69, 9.17) is 4.74 Å². The summed E-state index contributed by atoms with van der Waals surface area (Å²) in [5.41, 5.74) is 0. The van der Waals surface area contributed by atoms with E-state index in [1.807, 2.05) is 26.0 Å². The molecule has 0 aliphatic carbocycles. The molecule has 0 aliphatic rings. The second-order valence-corrected chi connectivity index (χ2v) is 5.65. The molecule has 0 bridgehead atoms. The molecule has 90 valence electrons. The average Bonchev–Trinajstić information content (AvgIpc) is 2.70. The summed E-state index contributed by atoms with van der Waals surface area (Å²) in [6, 6.07) is 3.74. The Kier molecular flexibility index (Phi) is 6.01. The third-order valence-electron chi connectivity index (χ3n) is 2.16. The minimum absolute atomic E-state index is 0.0814. The summed E-state index contributed by atoms with van der Waals surface area (Å²) < 4.78 is 6.24. The first kappa shape index (κ1) is 13.7. The van der Waals surface area contributed by atoms with Gasteiger partial charge in [0.05, 0.1) is 15.3 Å². The molecule has 0 N–H and O–H groups in total. The molecular weight excluding hydrogens is 290 g/mol. The molecule has 0 saturated heterocycles. The molecule has 1 rings (SSSR count). The predicted molar refractivity (Wildman–Crippen MR) is 70.1 cm³/mol. The number of nitrogens with zero attached hydrogens (tertiary/aromatic N) is 1. The second kappa shape index (κ2) is 7.04. The maximum Gasteiger partial charge on any atom is 0.264 e. The molecule has 3 nitrogen and oxygen atoms in total. The number of likely N-dealkylation sites (N-methyl/N-ethyl adjacent to an activating group) is 1. The quantitative estimate of drug-likeness (QED) is 0.756. The van der Waals surface area contributed by atoms with E-state index in [2.05, 4.69) is 15.9 Å². The van der Waals surface area contributed by atoms with Gasteiger partial charge in [0.1, 0.15) is 0 Å². The van der Waals surface area contributed by atoms with Crippen LogP contribution in [0.2, 0.25) is 0 Å². The van der Waals surface area contributed by atoms with Gasteiger partial charge < -0.3 is 9.64 Å². The summed E-state index contributed by atoms with van der Waals surface area (Å²) in [5.74, 6) is 0.0814. The van der Waals surface area contributed by atoms with Crippen molar-refractivity contribution in [3.8, 4) is 0 Å². The fourth-order valence-electron chi connectivity index (χ4n) is 1.31. The van der Waals surface area contributed by atoms with Gasteiger partial charge in [0.25, 0.3) is 5.91 Å². The molecule has 0 unspecified atom stereocenters. The minimum Gasteiger partial charge on any atom is -0.380 e. The van der Waals surface area contributed by atoms with E-state index in [-0.39, 0.29) is 5.91 Å². The zero-order valence-corrected chi connectivity index (χ0v) is 11.9. The van der Waals surface area contributed by atoms with Gasteiger partial charge in [0, 0.05) is 19.7 Å². The fourth-order valence-corrected chi connectivity index (χ4v) is 2.66. The van der Waals surface area contributed by atoms with Crippen LogP contribution in [0.4, 0.5) is 0 Å². The normalized spacial score (nSPS) is 10.4. The zero-order valence-electron chi connectivity index (χ0n) is 9.53. The molecule has 0 saturated carbocycles. The number of rotatable bonds is 6. The first-order valence-corrected chi connectivity index (χ1v) is 6.92. The molecule has 1 amide bonds. The van der Waals surface area contributed by atoms with Gasteiger partial charge in [-0.15, -0.1) is 11.3 Å². The summed E-state index contributed by atoms with van der Waals surface area (Å²) in [7, 11) is 0. The summed E-state index contributed by atoms with van der Waals surface area (Å²) in [6.07, 6.45) is 0. The van der Waals surface area contributed by atoms with Crippen LogP contribution < -0.4 is 0 Å². The lowest BCUT2D eigenvalue weighted by Gasteiger charge is -2.19. The van der Waals surface area contributed by atoms with Crippen LogP contribution in [0.5, 0.6) is 0 Å². The fraction of sp³-hybridized carbons (Fsp3) is 0.545. The SMILES string of the molecule is CCOCCN(CC)C(=O)c1ccc(Br)s1. The molecule has 1 heterocycles. The summed E-state index contributed by atoms with van der Waals surface area (Å²) in [5, 5.41) is 0. The third-order valence-corrected chi connectivity index (χ3v) is 3.77. The molecule has 16 heavy (non-hydrogen) atoms. The standard InChI is InChI=1S/C11H16BrNO2S/c1-3-13(7-8-15-4-2)11(14)9-5-6-10(12)16-9/h5-6H,3-4,7-8H2,1-2H3. The predicted octanol–water partition coefficient (Wildman–Crippen LogP) is 3.01. The first-order chi connectivity index (χ1) is 7.69. The van der Waals surface area contributed by atoms with Crippen molar-refractivity contribution in [1.29, 1.82) is 0 Å². The number of ether oxygens (including phenoxy) is 1. The number of hydrogen-bond acceptors (Lipinski definition) is 3. The summed E-state index contributed by atoms with van der Waals surface area (Å²) >= 11 is 4.82. The third kappa shape index (κ3) is 3.88. The highest BCUT2D eigenvalue weighted by atomic mass is 79.9. The second-order valence-electron chi connectivity index (χ2n) is 3.19. The maximum atomic E-state index is 12.0. The molecular formula is C11H16BrNO2S. The molecule has 1 aromatic heterocycles. The highest BCUT2D eigenvalue weighted by Gasteiger charge is 2.15. The van der Waals surface area contributed by atoms with Gasteiger partial charge in [0.2, 0.25) is 0 Å². The van der Waals surface area contributed by atoms with Gasteiger partial charge in [-0.2, -0.15) is 0 Å². The van der Waals surface area contributed by atoms with Crippen molar-refractivity contribution in [1.82, 2.24) is 4.90 Å². The Hall–Kier alpha value is -0.390. The van der Waals surface area contributed by atoms with E-state index in [9.17, 15) is 4.79 Å². The Morgan fingerprint density at radius 1 is 1.50 bits per heavy atom. The first-order valence-electron chi connectivity index (χ1n) is 5.31. The molecule has 5 heteroatoms. The number of carbonyl (C=O) groups is 1. The lowest BCUT2D eigenvalue weighted by atomic mass is 10.4. The Morgan fingerprint density at radius 2 is 2.25 bits per heavy atom. The molecule has 1 aromatic rings. The average molecular weight is 306 g/mol. The molecule has 0 aromatic carbocycles. The van der Waals surface area contributed by atoms with Crippen LogP contribution in [0, 0.1) is 0 Å². The number of thiophene rings is 1. The van der Waals surface area contributed by atoms with Crippen molar-refractivity contribution < 1.29 is 9.53 Å². The highest BCUT2D eigenvalue weighted by Crippen LogP contribution is 2.23. The van der Waals surface area contributed by atoms with Gasteiger partial charge in [0.15, 0.2) is 0 Å². The van der Waals surface area contributed by atoms with E-state index in [1.54, 1.807) is 4.90 Å². The van der Waals surface area contributed by atoms with Crippen LogP contribution in [0.3, 0.4) is 0 Å². The Bertz CT molecular complexity index is 340. The lowest BCUT2D eigenvalue weighted by molar-refractivity contribution is 0.0673. The van der Waals surface area contributed by atoms with Crippen LogP contribution in [0.1, 0.15) is 23.5 Å². The van der Waals surface area contributed by atoms with Gasteiger partial charge in [-0.05, 0) is 41.9 Å². The Balaban J connectivity index is 2.55. The van der Waals surface area contributed by atoms with Crippen LogP contribution in [0.15, 0.2) is 15.9 Å². The number of amides is 1. The smallest absolute Gasteiger partial charge is 0.264 e. The van der Waals surface area contributed by atoms with Gasteiger partial charge in [-0.1, -0.05) is 0 Å². The number of halogens is 1. The van der Waals surface area contributed by atoms with E-state index in [0.717, 1.165) is 8.66 Å². The van der Waals surface area contributed by atoms with E-state index in [0.29, 0.717) is 26.3 Å². The molecule has 0 aliphatic heterocycles. The van der Waals surface area contributed by atoms with Crippen LogP contribution in [-0.4, -0.2) is 37.1 Å². The van der Waals surface area contributed by atoms with Crippen molar-refractivity contribution >= 4 is 33.2 Å². The zero-order chi connectivity index (χ0) is 12.0.